The van der Waals surface area contributed by atoms with Gasteiger partial charge in [-0.15, -0.1) is 0 Å². The van der Waals surface area contributed by atoms with E-state index in [2.05, 4.69) is 4.98 Å². The molecule has 0 fully saturated rings. The zero-order chi connectivity index (χ0) is 13.0. The maximum Gasteiger partial charge on any atom is 0.307 e. The fourth-order valence-corrected chi connectivity index (χ4v) is 1.47. The Labute approximate surface area is 95.5 Å². The minimum Gasteiger partial charge on any atom is -0.481 e. The second-order valence-electron chi connectivity index (χ2n) is 3.21. The van der Waals surface area contributed by atoms with Crippen molar-refractivity contribution in [1.29, 1.82) is 5.26 Å². The molecular formula is C10H9F2N3O2. The number of pyridine rings is 1. The number of nitrogens with zero attached hydrogens (tertiary/aromatic N) is 2. The van der Waals surface area contributed by atoms with Crippen molar-refractivity contribution in [2.75, 3.05) is 0 Å². The lowest BCUT2D eigenvalue weighted by atomic mass is 9.98. The lowest BCUT2D eigenvalue weighted by molar-refractivity contribution is -0.136. The number of nitriles is 1. The predicted molar refractivity (Wildman–Crippen MR) is 53.1 cm³/mol. The van der Waals surface area contributed by atoms with Crippen LogP contribution in [0.1, 0.15) is 28.8 Å². The van der Waals surface area contributed by atoms with E-state index in [9.17, 15) is 13.6 Å². The van der Waals surface area contributed by atoms with Crippen LogP contribution in [0.3, 0.4) is 0 Å². The van der Waals surface area contributed by atoms with Crippen LogP contribution in [0, 0.1) is 11.3 Å². The molecule has 0 spiro atoms. The third kappa shape index (κ3) is 2.73. The number of aliphatic carboxylic acids is 1. The summed E-state index contributed by atoms with van der Waals surface area (Å²) in [5.41, 5.74) is 4.31. The van der Waals surface area contributed by atoms with Crippen molar-refractivity contribution in [1.82, 2.24) is 4.98 Å². The van der Waals surface area contributed by atoms with Gasteiger partial charge in [-0.05, 0) is 11.1 Å². The maximum absolute atomic E-state index is 12.8. The van der Waals surface area contributed by atoms with Gasteiger partial charge in [0.2, 0.25) is 0 Å². The zero-order valence-corrected chi connectivity index (χ0v) is 8.65. The first-order valence-electron chi connectivity index (χ1n) is 4.62. The van der Waals surface area contributed by atoms with E-state index in [0.717, 1.165) is 6.20 Å². The number of hydrogen-bond acceptors (Lipinski definition) is 4. The molecule has 1 rings (SSSR count). The number of rotatable bonds is 4. The number of aromatic nitrogens is 1. The number of hydrogen-bond donors (Lipinski definition) is 2. The van der Waals surface area contributed by atoms with Crippen LogP contribution < -0.4 is 5.73 Å². The van der Waals surface area contributed by atoms with Gasteiger partial charge in [-0.1, -0.05) is 0 Å². The highest BCUT2D eigenvalue weighted by molar-refractivity contribution is 5.71. The highest BCUT2D eigenvalue weighted by Crippen LogP contribution is 2.28. The predicted octanol–water partition coefficient (Wildman–Crippen LogP) is 0.977. The molecule has 1 aromatic rings. The Morgan fingerprint density at radius 3 is 2.71 bits per heavy atom. The number of nitrogens with two attached hydrogens (primary N) is 1. The molecule has 0 amide bonds. The fraction of sp³-hybridized carbons (Fsp3) is 0.300. The molecule has 0 atom stereocenters. The van der Waals surface area contributed by atoms with Crippen LogP contribution in [0.25, 0.3) is 0 Å². The fourth-order valence-electron chi connectivity index (χ4n) is 1.47. The first-order chi connectivity index (χ1) is 8.01. The van der Waals surface area contributed by atoms with E-state index in [1.807, 2.05) is 0 Å². The minimum absolute atomic E-state index is 0.110. The molecule has 90 valence electrons. The smallest absolute Gasteiger partial charge is 0.307 e. The zero-order valence-electron chi connectivity index (χ0n) is 8.65. The summed E-state index contributed by atoms with van der Waals surface area (Å²) in [5, 5.41) is 17.3. The standard InChI is InChI=1S/C10H9F2N3O2/c11-10(12)9-6(1-8(16)17)5(2-13)4-15-7(9)3-14/h4,10H,1-2,13H2,(H,16,17). The topological polar surface area (TPSA) is 100 Å². The van der Waals surface area contributed by atoms with Gasteiger partial charge in [-0.2, -0.15) is 5.26 Å². The molecule has 7 heteroatoms. The Hall–Kier alpha value is -2.07. The summed E-state index contributed by atoms with van der Waals surface area (Å²) < 4.78 is 25.6. The molecule has 1 heterocycles. The Balaban J connectivity index is 3.47. The Kier molecular flexibility index (Phi) is 4.06. The summed E-state index contributed by atoms with van der Waals surface area (Å²) in [6.07, 6.45) is -2.41. The number of carboxylic acids is 1. The van der Waals surface area contributed by atoms with Crippen molar-refractivity contribution < 1.29 is 18.7 Å². The first kappa shape index (κ1) is 13.0. The van der Waals surface area contributed by atoms with E-state index < -0.39 is 30.1 Å². The molecule has 0 aliphatic heterocycles. The van der Waals surface area contributed by atoms with Crippen LogP contribution in [0.4, 0.5) is 8.78 Å². The van der Waals surface area contributed by atoms with Crippen LogP contribution in [-0.4, -0.2) is 16.1 Å². The van der Waals surface area contributed by atoms with Crippen LogP contribution in [0.5, 0.6) is 0 Å². The van der Waals surface area contributed by atoms with Gasteiger partial charge >= 0.3 is 5.97 Å². The summed E-state index contributed by atoms with van der Waals surface area (Å²) in [6, 6.07) is 1.52. The van der Waals surface area contributed by atoms with Crippen LogP contribution in [-0.2, 0) is 17.8 Å². The molecule has 0 radical (unpaired) electrons. The molecule has 0 saturated carbocycles. The van der Waals surface area contributed by atoms with Crippen LogP contribution >= 0.6 is 0 Å². The number of alkyl halides is 2. The van der Waals surface area contributed by atoms with Crippen molar-refractivity contribution in [2.45, 2.75) is 19.4 Å². The van der Waals surface area contributed by atoms with Gasteiger partial charge < -0.3 is 10.8 Å². The quantitative estimate of drug-likeness (QED) is 0.818. The Morgan fingerprint density at radius 2 is 2.29 bits per heavy atom. The molecule has 0 saturated heterocycles. The summed E-state index contributed by atoms with van der Waals surface area (Å²) in [5.74, 6) is -1.27. The molecule has 0 aromatic carbocycles. The molecular weight excluding hydrogens is 232 g/mol. The average molecular weight is 241 g/mol. The molecule has 17 heavy (non-hydrogen) atoms. The number of carboxylic acid groups (broad SMARTS) is 1. The molecule has 3 N–H and O–H groups in total. The third-order valence-corrected chi connectivity index (χ3v) is 2.19. The van der Waals surface area contributed by atoms with Gasteiger partial charge in [0.05, 0.1) is 12.0 Å². The van der Waals surface area contributed by atoms with Gasteiger partial charge in [0.15, 0.2) is 0 Å². The molecule has 0 unspecified atom stereocenters. The molecule has 5 nitrogen and oxygen atoms in total. The van der Waals surface area contributed by atoms with E-state index in [4.69, 9.17) is 16.1 Å². The first-order valence-corrected chi connectivity index (χ1v) is 4.62. The Morgan fingerprint density at radius 1 is 1.65 bits per heavy atom. The van der Waals surface area contributed by atoms with Crippen LogP contribution in [0.2, 0.25) is 0 Å². The molecule has 1 aromatic heterocycles. The van der Waals surface area contributed by atoms with Crippen molar-refractivity contribution in [3.8, 4) is 6.07 Å². The molecule has 0 aliphatic carbocycles. The minimum atomic E-state index is -2.96. The van der Waals surface area contributed by atoms with Gasteiger partial charge in [0.1, 0.15) is 11.8 Å². The molecule has 0 aliphatic rings. The van der Waals surface area contributed by atoms with Crippen molar-refractivity contribution in [3.05, 3.63) is 28.6 Å². The number of halogens is 2. The second kappa shape index (κ2) is 5.32. The summed E-state index contributed by atoms with van der Waals surface area (Å²) in [6.45, 7) is -0.110. The largest absolute Gasteiger partial charge is 0.481 e. The van der Waals surface area contributed by atoms with Gasteiger partial charge in [-0.25, -0.2) is 13.8 Å². The number of carbonyl (C=O) groups is 1. The van der Waals surface area contributed by atoms with E-state index >= 15 is 0 Å². The van der Waals surface area contributed by atoms with Crippen molar-refractivity contribution >= 4 is 5.97 Å². The highest BCUT2D eigenvalue weighted by atomic mass is 19.3. The van der Waals surface area contributed by atoms with E-state index in [-0.39, 0.29) is 17.7 Å². The van der Waals surface area contributed by atoms with Gasteiger partial charge in [0, 0.05) is 12.7 Å². The average Bonchev–Trinajstić information content (AvgIpc) is 2.27. The summed E-state index contributed by atoms with van der Waals surface area (Å²) >= 11 is 0. The highest BCUT2D eigenvalue weighted by Gasteiger charge is 2.23. The summed E-state index contributed by atoms with van der Waals surface area (Å²) in [7, 11) is 0. The lowest BCUT2D eigenvalue weighted by Crippen LogP contribution is -2.13. The van der Waals surface area contributed by atoms with Crippen LogP contribution in [0.15, 0.2) is 6.20 Å². The van der Waals surface area contributed by atoms with E-state index in [1.165, 1.54) is 6.07 Å². The monoisotopic (exact) mass is 241 g/mol. The third-order valence-electron chi connectivity index (χ3n) is 2.19. The Bertz CT molecular complexity index is 483. The SMILES string of the molecule is N#Cc1ncc(CN)c(CC(=O)O)c1C(F)F. The van der Waals surface area contributed by atoms with E-state index in [0.29, 0.717) is 0 Å². The lowest BCUT2D eigenvalue weighted by Gasteiger charge is -2.12. The second-order valence-corrected chi connectivity index (χ2v) is 3.21. The summed E-state index contributed by atoms with van der Waals surface area (Å²) in [4.78, 5) is 14.2. The van der Waals surface area contributed by atoms with Crippen molar-refractivity contribution in [2.24, 2.45) is 5.73 Å². The molecule has 0 bridgehead atoms. The van der Waals surface area contributed by atoms with Gasteiger partial charge in [0.25, 0.3) is 6.43 Å². The maximum atomic E-state index is 12.8. The van der Waals surface area contributed by atoms with Crippen molar-refractivity contribution in [3.63, 3.8) is 0 Å². The van der Waals surface area contributed by atoms with Gasteiger partial charge in [-0.3, -0.25) is 4.79 Å². The van der Waals surface area contributed by atoms with E-state index in [1.54, 1.807) is 0 Å². The normalized spacial score (nSPS) is 10.3.